The molecule has 1 fully saturated rings. The predicted molar refractivity (Wildman–Crippen MR) is 141 cm³/mol. The summed E-state index contributed by atoms with van der Waals surface area (Å²) < 4.78 is 4.21. The maximum absolute atomic E-state index is 13.6. The summed E-state index contributed by atoms with van der Waals surface area (Å²) >= 11 is 0.887. The van der Waals surface area contributed by atoms with E-state index in [2.05, 4.69) is 28.9 Å². The van der Waals surface area contributed by atoms with E-state index in [4.69, 9.17) is 5.73 Å². The largest absolute Gasteiger partial charge is 0.395 e. The molecular formula is C26H37N5O3S. The number of anilines is 2. The van der Waals surface area contributed by atoms with Crippen LogP contribution in [0.2, 0.25) is 0 Å². The second-order valence-electron chi connectivity index (χ2n) is 10.5. The van der Waals surface area contributed by atoms with Crippen molar-refractivity contribution < 1.29 is 14.4 Å². The first-order valence-electron chi connectivity index (χ1n) is 12.2. The average Bonchev–Trinajstić information content (AvgIpc) is 3.18. The molecule has 3 amide bonds. The van der Waals surface area contributed by atoms with Crippen LogP contribution in [0.4, 0.5) is 11.4 Å². The molecule has 1 aliphatic rings. The third-order valence-electron chi connectivity index (χ3n) is 6.01. The van der Waals surface area contributed by atoms with Crippen LogP contribution in [0.15, 0.2) is 24.3 Å². The summed E-state index contributed by atoms with van der Waals surface area (Å²) in [5.41, 5.74) is 7.63. The first kappa shape index (κ1) is 26.7. The van der Waals surface area contributed by atoms with Crippen LogP contribution in [0, 0.1) is 0 Å². The topological polar surface area (TPSA) is 117 Å². The normalized spacial score (nSPS) is 14.6. The molecular weight excluding hydrogens is 462 g/mol. The first-order valence-corrected chi connectivity index (χ1v) is 13.0. The predicted octanol–water partition coefficient (Wildman–Crippen LogP) is 4.47. The monoisotopic (exact) mass is 499 g/mol. The van der Waals surface area contributed by atoms with Gasteiger partial charge < -0.3 is 16.4 Å². The summed E-state index contributed by atoms with van der Waals surface area (Å²) in [6.45, 7) is 9.64. The zero-order chi connectivity index (χ0) is 25.8. The molecule has 2 aromatic rings. The molecule has 0 aliphatic heterocycles. The van der Waals surface area contributed by atoms with E-state index >= 15 is 0 Å². The number of carbonyl (C=O) groups is 3. The minimum absolute atomic E-state index is 0.0494. The van der Waals surface area contributed by atoms with Crippen molar-refractivity contribution in [3.8, 4) is 0 Å². The lowest BCUT2D eigenvalue weighted by molar-refractivity contribution is -0.121. The van der Waals surface area contributed by atoms with Gasteiger partial charge in [-0.1, -0.05) is 45.2 Å². The van der Waals surface area contributed by atoms with Gasteiger partial charge in [0.2, 0.25) is 5.91 Å². The van der Waals surface area contributed by atoms with Gasteiger partial charge in [-0.15, -0.1) is 0 Å². The van der Waals surface area contributed by atoms with Gasteiger partial charge in [-0.05, 0) is 68.8 Å². The molecule has 0 spiro atoms. The molecule has 1 aromatic heterocycles. The molecule has 1 saturated carbocycles. The van der Waals surface area contributed by atoms with Crippen LogP contribution in [-0.4, -0.2) is 40.2 Å². The van der Waals surface area contributed by atoms with Crippen molar-refractivity contribution in [3.05, 3.63) is 40.4 Å². The number of hydrogen-bond donors (Lipinski definition) is 3. The number of benzene rings is 1. The maximum atomic E-state index is 13.6. The quantitative estimate of drug-likeness (QED) is 0.519. The van der Waals surface area contributed by atoms with Gasteiger partial charge in [0.15, 0.2) is 5.69 Å². The highest BCUT2D eigenvalue weighted by molar-refractivity contribution is 7.09. The average molecular weight is 500 g/mol. The second-order valence-corrected chi connectivity index (χ2v) is 11.3. The van der Waals surface area contributed by atoms with E-state index in [9.17, 15) is 14.4 Å². The van der Waals surface area contributed by atoms with Gasteiger partial charge in [0.25, 0.3) is 11.8 Å². The van der Waals surface area contributed by atoms with Gasteiger partial charge >= 0.3 is 0 Å². The Labute approximate surface area is 211 Å². The second kappa shape index (κ2) is 11.2. The summed E-state index contributed by atoms with van der Waals surface area (Å²) in [4.78, 5) is 40.7. The van der Waals surface area contributed by atoms with Crippen molar-refractivity contribution in [2.24, 2.45) is 0 Å². The number of nitrogens with zero attached hydrogens (tertiary/aromatic N) is 2. The van der Waals surface area contributed by atoms with E-state index in [1.54, 1.807) is 0 Å². The Bertz CT molecular complexity index is 1050. The highest BCUT2D eigenvalue weighted by Crippen LogP contribution is 2.28. The zero-order valence-electron chi connectivity index (χ0n) is 21.3. The van der Waals surface area contributed by atoms with Crippen LogP contribution < -0.4 is 21.3 Å². The molecule has 0 unspecified atom stereocenters. The molecule has 8 nitrogen and oxygen atoms in total. The van der Waals surface area contributed by atoms with Crippen molar-refractivity contribution in [3.63, 3.8) is 0 Å². The Hall–Kier alpha value is -2.94. The van der Waals surface area contributed by atoms with Crippen molar-refractivity contribution in [2.45, 2.75) is 84.2 Å². The highest BCUT2D eigenvalue weighted by atomic mass is 32.1. The third-order valence-corrected chi connectivity index (χ3v) is 6.86. The minimum atomic E-state index is -0.460. The van der Waals surface area contributed by atoms with E-state index in [1.807, 2.05) is 45.0 Å². The number of aromatic nitrogens is 1. The van der Waals surface area contributed by atoms with Crippen LogP contribution in [-0.2, 0) is 4.79 Å². The van der Waals surface area contributed by atoms with E-state index in [1.165, 1.54) is 11.3 Å². The van der Waals surface area contributed by atoms with Crippen LogP contribution in [0.3, 0.4) is 0 Å². The van der Waals surface area contributed by atoms with Crippen molar-refractivity contribution in [2.75, 3.05) is 17.2 Å². The molecule has 0 atom stereocenters. The summed E-state index contributed by atoms with van der Waals surface area (Å²) in [6, 6.07) is 7.65. The molecule has 9 heteroatoms. The number of hydrogen-bond acceptors (Lipinski definition) is 6. The van der Waals surface area contributed by atoms with Gasteiger partial charge in [0.05, 0.1) is 5.69 Å². The lowest BCUT2D eigenvalue weighted by Crippen LogP contribution is -2.47. The Morgan fingerprint density at radius 3 is 2.31 bits per heavy atom. The first-order chi connectivity index (χ1) is 16.5. The fourth-order valence-corrected chi connectivity index (χ4v) is 4.91. The van der Waals surface area contributed by atoms with E-state index in [0.717, 1.165) is 42.8 Å². The standard InChI is InChI=1S/C26H37N5O3S/c1-16(2)17-11-13-19(14-12-17)31(15-20(32)29-26(3,4)5)25(34)23-21(27)22(30-35-23)24(33)28-18-9-7-6-8-10-18/h11-14,16,18H,6-10,15,27H2,1-5H3,(H,28,33)(H,29,32). The zero-order valence-corrected chi connectivity index (χ0v) is 22.1. The molecule has 0 radical (unpaired) electrons. The molecule has 3 rings (SSSR count). The van der Waals surface area contributed by atoms with Crippen LogP contribution in [0.25, 0.3) is 0 Å². The van der Waals surface area contributed by atoms with Crippen molar-refractivity contribution in [1.29, 1.82) is 0 Å². The van der Waals surface area contributed by atoms with Gasteiger partial charge in [-0.2, -0.15) is 4.37 Å². The Morgan fingerprint density at radius 1 is 1.11 bits per heavy atom. The van der Waals surface area contributed by atoms with Crippen molar-refractivity contribution in [1.82, 2.24) is 15.0 Å². The van der Waals surface area contributed by atoms with Crippen LogP contribution in [0.5, 0.6) is 0 Å². The van der Waals surface area contributed by atoms with Gasteiger partial charge in [-0.25, -0.2) is 0 Å². The van der Waals surface area contributed by atoms with Gasteiger partial charge in [0, 0.05) is 17.3 Å². The van der Waals surface area contributed by atoms with E-state index in [-0.39, 0.29) is 40.7 Å². The Morgan fingerprint density at radius 2 is 1.74 bits per heavy atom. The smallest absolute Gasteiger partial charge is 0.273 e. The van der Waals surface area contributed by atoms with Crippen LogP contribution in [0.1, 0.15) is 98.4 Å². The lowest BCUT2D eigenvalue weighted by atomic mass is 9.95. The molecule has 4 N–H and O–H groups in total. The minimum Gasteiger partial charge on any atom is -0.395 e. The molecule has 190 valence electrons. The van der Waals surface area contributed by atoms with Gasteiger partial charge in [-0.3, -0.25) is 19.3 Å². The van der Waals surface area contributed by atoms with Gasteiger partial charge in [0.1, 0.15) is 11.4 Å². The van der Waals surface area contributed by atoms with Crippen molar-refractivity contribution >= 4 is 40.6 Å². The summed E-state index contributed by atoms with van der Waals surface area (Å²) in [5.74, 6) is -0.780. The fraction of sp³-hybridized carbons (Fsp3) is 0.538. The summed E-state index contributed by atoms with van der Waals surface area (Å²) in [7, 11) is 0. The number of rotatable bonds is 7. The summed E-state index contributed by atoms with van der Waals surface area (Å²) in [6.07, 6.45) is 5.22. The Balaban J connectivity index is 1.86. The van der Waals surface area contributed by atoms with E-state index < -0.39 is 11.4 Å². The molecule has 35 heavy (non-hydrogen) atoms. The molecule has 1 aromatic carbocycles. The number of amides is 3. The lowest BCUT2D eigenvalue weighted by Gasteiger charge is -2.26. The maximum Gasteiger partial charge on any atom is 0.273 e. The van der Waals surface area contributed by atoms with E-state index in [0.29, 0.717) is 11.6 Å². The molecule has 1 heterocycles. The van der Waals surface area contributed by atoms with Crippen LogP contribution >= 0.6 is 11.5 Å². The number of carbonyl (C=O) groups excluding carboxylic acids is 3. The Kier molecular flexibility index (Phi) is 8.53. The molecule has 0 bridgehead atoms. The molecule has 0 saturated heterocycles. The molecule has 1 aliphatic carbocycles. The third kappa shape index (κ3) is 7.04. The SMILES string of the molecule is CC(C)c1ccc(N(CC(=O)NC(C)(C)C)C(=O)c2snc(C(=O)NC3CCCCC3)c2N)cc1. The highest BCUT2D eigenvalue weighted by Gasteiger charge is 2.29. The number of nitrogen functional groups attached to an aromatic ring is 1. The fourth-order valence-electron chi connectivity index (χ4n) is 4.16. The number of nitrogens with one attached hydrogen (secondary N) is 2. The summed E-state index contributed by atoms with van der Waals surface area (Å²) in [5, 5.41) is 5.90. The number of nitrogens with two attached hydrogens (primary N) is 1.